The number of hydrogen-bond donors (Lipinski definition) is 3. The first kappa shape index (κ1) is 15.3. The van der Waals surface area contributed by atoms with Crippen molar-refractivity contribution in [3.8, 4) is 0 Å². The van der Waals surface area contributed by atoms with E-state index in [1.54, 1.807) is 25.1 Å². The van der Waals surface area contributed by atoms with Gasteiger partial charge in [0.05, 0.1) is 0 Å². The van der Waals surface area contributed by atoms with Crippen molar-refractivity contribution in [1.29, 1.82) is 0 Å². The fourth-order valence-electron chi connectivity index (χ4n) is 2.90. The molecule has 1 heterocycles. The number of nitrogens with two attached hydrogens (primary N) is 1. The molecule has 122 valence electrons. The Morgan fingerprint density at radius 2 is 2.13 bits per heavy atom. The highest BCUT2D eigenvalue weighted by Crippen LogP contribution is 2.42. The van der Waals surface area contributed by atoms with Crippen molar-refractivity contribution in [3.63, 3.8) is 0 Å². The predicted octanol–water partition coefficient (Wildman–Crippen LogP) is 1.24. The van der Waals surface area contributed by atoms with Crippen molar-refractivity contribution in [3.05, 3.63) is 23.8 Å². The van der Waals surface area contributed by atoms with Gasteiger partial charge in [-0.2, -0.15) is 0 Å². The summed E-state index contributed by atoms with van der Waals surface area (Å²) in [6.45, 7) is 3.26. The summed E-state index contributed by atoms with van der Waals surface area (Å²) in [5, 5.41) is 5.42. The molecule has 1 unspecified atom stereocenters. The van der Waals surface area contributed by atoms with Crippen LogP contribution in [0.3, 0.4) is 0 Å². The van der Waals surface area contributed by atoms with Gasteiger partial charge in [0, 0.05) is 11.4 Å². The Labute approximate surface area is 134 Å². The molecule has 1 aromatic carbocycles. The Morgan fingerprint density at radius 3 is 2.78 bits per heavy atom. The van der Waals surface area contributed by atoms with Crippen LogP contribution in [-0.2, 0) is 9.59 Å². The first-order valence-corrected chi connectivity index (χ1v) is 7.61. The standard InChI is InChI=1S/C16H20N4O3/c1-9-3-6-11(17)7-12(9)18-13(21)8-20-14(22)16(2,10-4-5-10)19-15(20)23/h3,6-7,10H,4-5,8,17H2,1-2H3,(H,18,21)(H,19,23). The van der Waals surface area contributed by atoms with E-state index in [2.05, 4.69) is 10.6 Å². The number of amides is 4. The number of imide groups is 1. The largest absolute Gasteiger partial charge is 0.399 e. The third-order valence-corrected chi connectivity index (χ3v) is 4.53. The summed E-state index contributed by atoms with van der Waals surface area (Å²) in [4.78, 5) is 37.7. The molecule has 7 nitrogen and oxygen atoms in total. The molecular formula is C16H20N4O3. The number of nitrogens with zero attached hydrogens (tertiary/aromatic N) is 1. The van der Waals surface area contributed by atoms with Crippen molar-refractivity contribution in [1.82, 2.24) is 10.2 Å². The molecule has 0 aromatic heterocycles. The summed E-state index contributed by atoms with van der Waals surface area (Å²) < 4.78 is 0. The minimum absolute atomic E-state index is 0.170. The lowest BCUT2D eigenvalue weighted by atomic mass is 9.96. The molecule has 3 rings (SSSR count). The Hall–Kier alpha value is -2.57. The van der Waals surface area contributed by atoms with Gasteiger partial charge in [-0.15, -0.1) is 0 Å². The van der Waals surface area contributed by atoms with Crippen molar-refractivity contribution < 1.29 is 14.4 Å². The van der Waals surface area contributed by atoms with E-state index in [4.69, 9.17) is 5.73 Å². The normalized spacial score (nSPS) is 23.8. The maximum atomic E-state index is 12.5. The fraction of sp³-hybridized carbons (Fsp3) is 0.438. The zero-order valence-corrected chi connectivity index (χ0v) is 13.2. The number of carbonyl (C=O) groups excluding carboxylic acids is 3. The van der Waals surface area contributed by atoms with E-state index in [1.807, 2.05) is 6.92 Å². The van der Waals surface area contributed by atoms with Crippen LogP contribution in [0.5, 0.6) is 0 Å². The lowest BCUT2D eigenvalue weighted by Crippen LogP contribution is -2.46. The molecule has 7 heteroatoms. The molecule has 0 radical (unpaired) electrons. The lowest BCUT2D eigenvalue weighted by molar-refractivity contribution is -0.134. The molecule has 0 bridgehead atoms. The molecule has 1 saturated heterocycles. The van der Waals surface area contributed by atoms with Gasteiger partial charge in [0.25, 0.3) is 5.91 Å². The SMILES string of the molecule is Cc1ccc(N)cc1NC(=O)CN1C(=O)NC(C)(C2CC2)C1=O. The molecular weight excluding hydrogens is 296 g/mol. The topological polar surface area (TPSA) is 105 Å². The zero-order valence-electron chi connectivity index (χ0n) is 13.2. The van der Waals surface area contributed by atoms with Crippen LogP contribution in [0, 0.1) is 12.8 Å². The number of urea groups is 1. The molecule has 2 fully saturated rings. The van der Waals surface area contributed by atoms with Crippen molar-refractivity contribution >= 4 is 29.2 Å². The van der Waals surface area contributed by atoms with Gasteiger partial charge in [0.2, 0.25) is 5.91 Å². The van der Waals surface area contributed by atoms with Crippen LogP contribution >= 0.6 is 0 Å². The minimum atomic E-state index is -0.871. The highest BCUT2D eigenvalue weighted by Gasteiger charge is 2.56. The van der Waals surface area contributed by atoms with E-state index in [0.717, 1.165) is 23.3 Å². The van der Waals surface area contributed by atoms with Gasteiger partial charge in [-0.1, -0.05) is 6.07 Å². The van der Waals surface area contributed by atoms with Gasteiger partial charge in [0.1, 0.15) is 12.1 Å². The third-order valence-electron chi connectivity index (χ3n) is 4.53. The monoisotopic (exact) mass is 316 g/mol. The minimum Gasteiger partial charge on any atom is -0.399 e. The molecule has 23 heavy (non-hydrogen) atoms. The first-order chi connectivity index (χ1) is 10.8. The molecule has 2 aliphatic rings. The summed E-state index contributed by atoms with van der Waals surface area (Å²) in [5.74, 6) is -0.588. The summed E-state index contributed by atoms with van der Waals surface area (Å²) in [6, 6.07) is 4.67. The van der Waals surface area contributed by atoms with E-state index < -0.39 is 17.5 Å². The summed E-state index contributed by atoms with van der Waals surface area (Å²) in [6.07, 6.45) is 1.84. The molecule has 1 saturated carbocycles. The first-order valence-electron chi connectivity index (χ1n) is 7.61. The van der Waals surface area contributed by atoms with Gasteiger partial charge in [0.15, 0.2) is 0 Å². The van der Waals surface area contributed by atoms with E-state index >= 15 is 0 Å². The van der Waals surface area contributed by atoms with Crippen LogP contribution in [0.25, 0.3) is 0 Å². The summed E-state index contributed by atoms with van der Waals surface area (Å²) >= 11 is 0. The van der Waals surface area contributed by atoms with E-state index in [9.17, 15) is 14.4 Å². The van der Waals surface area contributed by atoms with Crippen LogP contribution in [-0.4, -0.2) is 34.8 Å². The Morgan fingerprint density at radius 1 is 1.43 bits per heavy atom. The Bertz CT molecular complexity index is 699. The summed E-state index contributed by atoms with van der Waals surface area (Å²) in [7, 11) is 0. The second-order valence-electron chi connectivity index (χ2n) is 6.42. The molecule has 1 atom stereocenters. The van der Waals surface area contributed by atoms with Crippen LogP contribution in [0.2, 0.25) is 0 Å². The molecule has 0 spiro atoms. The number of rotatable bonds is 4. The van der Waals surface area contributed by atoms with Crippen LogP contribution < -0.4 is 16.4 Å². The van der Waals surface area contributed by atoms with Crippen molar-refractivity contribution in [2.75, 3.05) is 17.6 Å². The van der Waals surface area contributed by atoms with Crippen molar-refractivity contribution in [2.24, 2.45) is 5.92 Å². The highest BCUT2D eigenvalue weighted by atomic mass is 16.2. The number of carbonyl (C=O) groups is 3. The Balaban J connectivity index is 1.69. The molecule has 1 aliphatic carbocycles. The van der Waals surface area contributed by atoms with Gasteiger partial charge >= 0.3 is 6.03 Å². The second kappa shape index (κ2) is 5.26. The number of benzene rings is 1. The Kier molecular flexibility index (Phi) is 3.50. The van der Waals surface area contributed by atoms with Gasteiger partial charge in [-0.25, -0.2) is 4.79 Å². The van der Waals surface area contributed by atoms with E-state index in [1.165, 1.54) is 0 Å². The van der Waals surface area contributed by atoms with Gasteiger partial charge in [-0.3, -0.25) is 14.5 Å². The van der Waals surface area contributed by atoms with E-state index in [-0.39, 0.29) is 18.4 Å². The number of nitrogens with one attached hydrogen (secondary N) is 2. The highest BCUT2D eigenvalue weighted by molar-refractivity contribution is 6.10. The number of aryl methyl sites for hydroxylation is 1. The zero-order chi connectivity index (χ0) is 16.8. The number of nitrogen functional groups attached to an aromatic ring is 1. The van der Waals surface area contributed by atoms with Crippen molar-refractivity contribution in [2.45, 2.75) is 32.2 Å². The van der Waals surface area contributed by atoms with Gasteiger partial charge < -0.3 is 16.4 Å². The molecule has 4 amide bonds. The van der Waals surface area contributed by atoms with Crippen LogP contribution in [0.4, 0.5) is 16.2 Å². The quantitative estimate of drug-likeness (QED) is 0.574. The maximum absolute atomic E-state index is 12.5. The summed E-state index contributed by atoms with van der Waals surface area (Å²) in [5.41, 5.74) is 6.80. The maximum Gasteiger partial charge on any atom is 0.325 e. The molecule has 1 aliphatic heterocycles. The lowest BCUT2D eigenvalue weighted by Gasteiger charge is -2.20. The third kappa shape index (κ3) is 2.74. The predicted molar refractivity (Wildman–Crippen MR) is 85.6 cm³/mol. The molecule has 1 aromatic rings. The average Bonchev–Trinajstić information content (AvgIpc) is 3.29. The fourth-order valence-corrected chi connectivity index (χ4v) is 2.90. The van der Waals surface area contributed by atoms with Gasteiger partial charge in [-0.05, 0) is 50.3 Å². The van der Waals surface area contributed by atoms with Crippen LogP contribution in [0.1, 0.15) is 25.3 Å². The molecule has 4 N–H and O–H groups in total. The van der Waals surface area contributed by atoms with Crippen LogP contribution in [0.15, 0.2) is 18.2 Å². The van der Waals surface area contributed by atoms with E-state index in [0.29, 0.717) is 11.4 Å². The smallest absolute Gasteiger partial charge is 0.325 e. The average molecular weight is 316 g/mol. The number of hydrogen-bond acceptors (Lipinski definition) is 4. The second-order valence-corrected chi connectivity index (χ2v) is 6.42. The number of anilines is 2.